The lowest BCUT2D eigenvalue weighted by Gasteiger charge is -2.16. The van der Waals surface area contributed by atoms with Crippen LogP contribution in [0.15, 0.2) is 30.3 Å². The number of rotatable bonds is 7. The molecule has 0 saturated carbocycles. The summed E-state index contributed by atoms with van der Waals surface area (Å²) in [6.45, 7) is 1.32. The minimum absolute atomic E-state index is 0.295. The molecule has 6 nitrogen and oxygen atoms in total. The Labute approximate surface area is 110 Å². The normalized spacial score (nSPS) is 13.5. The van der Waals surface area contributed by atoms with Crippen LogP contribution < -0.4 is 5.32 Å². The molecule has 102 valence electrons. The van der Waals surface area contributed by atoms with E-state index in [-0.39, 0.29) is 12.2 Å². The van der Waals surface area contributed by atoms with E-state index in [1.165, 1.54) is 6.92 Å². The van der Waals surface area contributed by atoms with Gasteiger partial charge in [0.25, 0.3) is 0 Å². The second-order valence-electron chi connectivity index (χ2n) is 4.11. The van der Waals surface area contributed by atoms with E-state index in [9.17, 15) is 14.4 Å². The number of aliphatic carboxylic acids is 2. The Balaban J connectivity index is 2.72. The summed E-state index contributed by atoms with van der Waals surface area (Å²) in [7, 11) is 0. The lowest BCUT2D eigenvalue weighted by atomic mass is 10.0. The van der Waals surface area contributed by atoms with Crippen molar-refractivity contribution in [2.24, 2.45) is 0 Å². The highest BCUT2D eigenvalue weighted by Crippen LogP contribution is 2.06. The average Bonchev–Trinajstić information content (AvgIpc) is 2.38. The first-order chi connectivity index (χ1) is 8.91. The van der Waals surface area contributed by atoms with Gasteiger partial charge in [-0.2, -0.15) is 0 Å². The molecule has 0 fully saturated rings. The van der Waals surface area contributed by atoms with Crippen molar-refractivity contribution >= 4 is 17.7 Å². The summed E-state index contributed by atoms with van der Waals surface area (Å²) in [5.41, 5.74) is 0.401. The molecule has 0 saturated heterocycles. The largest absolute Gasteiger partial charge is 0.480 e. The summed E-state index contributed by atoms with van der Waals surface area (Å²) < 4.78 is 0. The quantitative estimate of drug-likeness (QED) is 0.629. The second-order valence-corrected chi connectivity index (χ2v) is 4.11. The molecule has 0 bridgehead atoms. The van der Waals surface area contributed by atoms with E-state index in [1.54, 1.807) is 30.3 Å². The Hall–Kier alpha value is -2.21. The monoisotopic (exact) mass is 265 g/mol. The first-order valence-electron chi connectivity index (χ1n) is 5.71. The molecule has 0 aromatic heterocycles. The van der Waals surface area contributed by atoms with Crippen LogP contribution in [0, 0.1) is 0 Å². The zero-order chi connectivity index (χ0) is 14.4. The van der Waals surface area contributed by atoms with Gasteiger partial charge in [-0.3, -0.25) is 19.7 Å². The van der Waals surface area contributed by atoms with Gasteiger partial charge in [-0.15, -0.1) is 0 Å². The molecule has 1 rings (SSSR count). The van der Waals surface area contributed by atoms with Gasteiger partial charge in [0.1, 0.15) is 12.1 Å². The number of carboxylic acid groups (broad SMARTS) is 2. The van der Waals surface area contributed by atoms with Crippen LogP contribution in [0.4, 0.5) is 0 Å². The van der Waals surface area contributed by atoms with Crippen molar-refractivity contribution < 1.29 is 24.6 Å². The Kier molecular flexibility index (Phi) is 5.20. The Bertz CT molecular complexity index is 471. The van der Waals surface area contributed by atoms with Crippen LogP contribution in [0.1, 0.15) is 23.7 Å². The van der Waals surface area contributed by atoms with Crippen LogP contribution in [0.2, 0.25) is 0 Å². The molecule has 0 radical (unpaired) electrons. The molecule has 6 heteroatoms. The maximum atomic E-state index is 11.9. The summed E-state index contributed by atoms with van der Waals surface area (Å²) >= 11 is 0. The molecule has 2 atom stereocenters. The van der Waals surface area contributed by atoms with Gasteiger partial charge in [-0.1, -0.05) is 30.3 Å². The van der Waals surface area contributed by atoms with Gasteiger partial charge in [0.2, 0.25) is 0 Å². The molecule has 0 amide bonds. The van der Waals surface area contributed by atoms with E-state index in [0.29, 0.717) is 5.56 Å². The molecule has 0 aliphatic heterocycles. The van der Waals surface area contributed by atoms with Gasteiger partial charge >= 0.3 is 11.9 Å². The predicted molar refractivity (Wildman–Crippen MR) is 67.0 cm³/mol. The minimum Gasteiger partial charge on any atom is -0.480 e. The summed E-state index contributed by atoms with van der Waals surface area (Å²) in [5.74, 6) is -2.77. The first kappa shape index (κ1) is 14.8. The zero-order valence-electron chi connectivity index (χ0n) is 10.4. The van der Waals surface area contributed by atoms with E-state index >= 15 is 0 Å². The van der Waals surface area contributed by atoms with Gasteiger partial charge in [-0.25, -0.2) is 0 Å². The van der Waals surface area contributed by atoms with E-state index in [2.05, 4.69) is 5.32 Å². The fourth-order valence-electron chi connectivity index (χ4n) is 1.52. The van der Waals surface area contributed by atoms with Crippen molar-refractivity contribution in [2.45, 2.75) is 25.4 Å². The third kappa shape index (κ3) is 4.51. The lowest BCUT2D eigenvalue weighted by molar-refractivity contribution is -0.142. The van der Waals surface area contributed by atoms with Crippen molar-refractivity contribution in [3.8, 4) is 0 Å². The number of ketones is 1. The van der Waals surface area contributed by atoms with E-state index in [1.807, 2.05) is 0 Å². The van der Waals surface area contributed by atoms with Crippen molar-refractivity contribution in [2.75, 3.05) is 0 Å². The number of carboxylic acids is 2. The molecular weight excluding hydrogens is 250 g/mol. The SMILES string of the molecule is CC(NC(CC(=O)c1ccccc1)C(=O)O)C(=O)O. The van der Waals surface area contributed by atoms with Crippen LogP contribution in [0.25, 0.3) is 0 Å². The smallest absolute Gasteiger partial charge is 0.321 e. The van der Waals surface area contributed by atoms with Gasteiger partial charge in [0.05, 0.1) is 0 Å². The summed E-state index contributed by atoms with van der Waals surface area (Å²) in [6.07, 6.45) is -0.295. The second kappa shape index (κ2) is 6.65. The Morgan fingerprint density at radius 2 is 1.68 bits per heavy atom. The molecule has 1 aromatic rings. The van der Waals surface area contributed by atoms with E-state index < -0.39 is 24.0 Å². The molecule has 0 aliphatic carbocycles. The number of benzene rings is 1. The van der Waals surface area contributed by atoms with Crippen molar-refractivity contribution in [3.63, 3.8) is 0 Å². The van der Waals surface area contributed by atoms with Gasteiger partial charge in [0, 0.05) is 12.0 Å². The Morgan fingerprint density at radius 3 is 2.16 bits per heavy atom. The molecule has 3 N–H and O–H groups in total. The van der Waals surface area contributed by atoms with Crippen LogP contribution in [-0.4, -0.2) is 40.0 Å². The maximum absolute atomic E-state index is 11.9. The number of Topliss-reactive ketones (excluding diaryl/α,β-unsaturated/α-hetero) is 1. The Morgan fingerprint density at radius 1 is 1.11 bits per heavy atom. The van der Waals surface area contributed by atoms with Gasteiger partial charge < -0.3 is 10.2 Å². The summed E-state index contributed by atoms with van der Waals surface area (Å²) in [5, 5.41) is 20.1. The molecule has 0 heterocycles. The topological polar surface area (TPSA) is 104 Å². The predicted octanol–water partition coefficient (Wildman–Crippen LogP) is 0.775. The fraction of sp³-hybridized carbons (Fsp3) is 0.308. The van der Waals surface area contributed by atoms with E-state index in [4.69, 9.17) is 10.2 Å². The number of carbonyl (C=O) groups excluding carboxylic acids is 1. The summed E-state index contributed by atoms with van der Waals surface area (Å²) in [4.78, 5) is 33.5. The highest BCUT2D eigenvalue weighted by molar-refractivity contribution is 5.98. The number of hydrogen-bond donors (Lipinski definition) is 3. The lowest BCUT2D eigenvalue weighted by Crippen LogP contribution is -2.46. The first-order valence-corrected chi connectivity index (χ1v) is 5.71. The van der Waals surface area contributed by atoms with Crippen LogP contribution in [-0.2, 0) is 9.59 Å². The number of carbonyl (C=O) groups is 3. The van der Waals surface area contributed by atoms with E-state index in [0.717, 1.165) is 0 Å². The maximum Gasteiger partial charge on any atom is 0.321 e. The molecule has 1 aromatic carbocycles. The van der Waals surface area contributed by atoms with Crippen LogP contribution in [0.3, 0.4) is 0 Å². The standard InChI is InChI=1S/C13H15NO5/c1-8(12(16)17)14-10(13(18)19)7-11(15)9-5-3-2-4-6-9/h2-6,8,10,14H,7H2,1H3,(H,16,17)(H,18,19). The van der Waals surface area contributed by atoms with Gasteiger partial charge in [0.15, 0.2) is 5.78 Å². The van der Waals surface area contributed by atoms with Crippen molar-refractivity contribution in [1.29, 1.82) is 0 Å². The molecular formula is C13H15NO5. The zero-order valence-corrected chi connectivity index (χ0v) is 10.4. The average molecular weight is 265 g/mol. The number of nitrogens with one attached hydrogen (secondary N) is 1. The highest BCUT2D eigenvalue weighted by Gasteiger charge is 2.25. The van der Waals surface area contributed by atoms with Crippen LogP contribution in [0.5, 0.6) is 0 Å². The number of hydrogen-bond acceptors (Lipinski definition) is 4. The molecule has 0 aliphatic rings. The van der Waals surface area contributed by atoms with Gasteiger partial charge in [-0.05, 0) is 6.92 Å². The highest BCUT2D eigenvalue weighted by atomic mass is 16.4. The summed E-state index contributed by atoms with van der Waals surface area (Å²) in [6, 6.07) is 6.01. The fourth-order valence-corrected chi connectivity index (χ4v) is 1.52. The van der Waals surface area contributed by atoms with Crippen molar-refractivity contribution in [1.82, 2.24) is 5.32 Å². The third-order valence-corrected chi connectivity index (χ3v) is 2.60. The minimum atomic E-state index is -1.25. The third-order valence-electron chi connectivity index (χ3n) is 2.60. The molecule has 0 spiro atoms. The van der Waals surface area contributed by atoms with Crippen molar-refractivity contribution in [3.05, 3.63) is 35.9 Å². The molecule has 2 unspecified atom stereocenters. The molecule has 19 heavy (non-hydrogen) atoms. The van der Waals surface area contributed by atoms with Crippen LogP contribution >= 0.6 is 0 Å².